The Bertz CT molecular complexity index is 641. The average Bonchev–Trinajstić information content (AvgIpc) is 2.83. The molecule has 1 spiro atoms. The summed E-state index contributed by atoms with van der Waals surface area (Å²) < 4.78 is 0. The summed E-state index contributed by atoms with van der Waals surface area (Å²) >= 11 is 1.75. The lowest BCUT2D eigenvalue weighted by Gasteiger charge is -2.45. The van der Waals surface area contributed by atoms with E-state index in [1.54, 1.807) is 23.7 Å². The number of benzene rings is 1. The van der Waals surface area contributed by atoms with Crippen molar-refractivity contribution in [2.75, 3.05) is 26.4 Å². The number of rotatable bonds is 4. The van der Waals surface area contributed by atoms with Crippen LogP contribution in [0.3, 0.4) is 0 Å². The topological polar surface area (TPSA) is 60.9 Å². The van der Waals surface area contributed by atoms with Crippen LogP contribution in [0.5, 0.6) is 0 Å². The van der Waals surface area contributed by atoms with Crippen molar-refractivity contribution < 1.29 is 14.7 Å². The summed E-state index contributed by atoms with van der Waals surface area (Å²) in [6.45, 7) is 2.52. The third kappa shape index (κ3) is 2.93. The van der Waals surface area contributed by atoms with E-state index in [1.165, 1.54) is 10.5 Å². The Labute approximate surface area is 147 Å². The zero-order valence-electron chi connectivity index (χ0n) is 14.2. The Balaban J connectivity index is 1.71. The Morgan fingerprint density at radius 1 is 1.33 bits per heavy atom. The van der Waals surface area contributed by atoms with Gasteiger partial charge in [-0.15, -0.1) is 11.8 Å². The first-order valence-corrected chi connectivity index (χ1v) is 9.54. The molecular weight excluding hydrogens is 324 g/mol. The van der Waals surface area contributed by atoms with Crippen molar-refractivity contribution in [2.45, 2.75) is 36.2 Å². The minimum atomic E-state index is -0.839. The summed E-state index contributed by atoms with van der Waals surface area (Å²) in [5, 5.41) is 9.54. The molecule has 1 N–H and O–H groups in total. The Hall–Kier alpha value is -1.53. The number of nitrogens with zero attached hydrogens (tertiary/aromatic N) is 2. The maximum Gasteiger partial charge on any atom is 0.309 e. The molecular formula is C18H24N2O3S. The number of aliphatic carboxylic acids is 1. The Morgan fingerprint density at radius 2 is 2.00 bits per heavy atom. The van der Waals surface area contributed by atoms with Crippen LogP contribution >= 0.6 is 11.8 Å². The van der Waals surface area contributed by atoms with Gasteiger partial charge in [0.2, 0.25) is 5.91 Å². The van der Waals surface area contributed by atoms with Gasteiger partial charge in [-0.1, -0.05) is 18.2 Å². The number of carbonyl (C=O) groups is 2. The van der Waals surface area contributed by atoms with E-state index in [1.807, 2.05) is 0 Å². The van der Waals surface area contributed by atoms with Crippen LogP contribution in [0, 0.1) is 5.92 Å². The molecule has 2 fully saturated rings. The quantitative estimate of drug-likeness (QED) is 0.846. The number of piperidine rings is 1. The van der Waals surface area contributed by atoms with Crippen molar-refractivity contribution in [1.29, 1.82) is 0 Å². The molecule has 1 aromatic carbocycles. The number of carboxylic acid groups (broad SMARTS) is 1. The van der Waals surface area contributed by atoms with Crippen LogP contribution in [0.4, 0.5) is 0 Å². The second-order valence-corrected chi connectivity index (χ2v) is 7.59. The molecule has 24 heavy (non-hydrogen) atoms. The molecule has 0 bridgehead atoms. The van der Waals surface area contributed by atoms with Gasteiger partial charge in [0.25, 0.3) is 0 Å². The second-order valence-electron chi connectivity index (χ2n) is 6.74. The van der Waals surface area contributed by atoms with Crippen molar-refractivity contribution >= 4 is 23.6 Å². The van der Waals surface area contributed by atoms with Gasteiger partial charge in [-0.3, -0.25) is 14.5 Å². The lowest BCUT2D eigenvalue weighted by atomic mass is 9.77. The summed E-state index contributed by atoms with van der Waals surface area (Å²) in [5.74, 6) is -1.45. The monoisotopic (exact) mass is 348 g/mol. The van der Waals surface area contributed by atoms with Gasteiger partial charge in [0.05, 0.1) is 11.5 Å². The predicted octanol–water partition coefficient (Wildman–Crippen LogP) is 2.31. The summed E-state index contributed by atoms with van der Waals surface area (Å²) in [6, 6.07) is 8.40. The van der Waals surface area contributed by atoms with E-state index in [9.17, 15) is 14.7 Å². The van der Waals surface area contributed by atoms with E-state index in [2.05, 4.69) is 35.4 Å². The Morgan fingerprint density at radius 3 is 2.62 bits per heavy atom. The number of carbonyl (C=O) groups excluding carboxylic acids is 1. The molecule has 5 nitrogen and oxygen atoms in total. The molecule has 3 rings (SSSR count). The highest BCUT2D eigenvalue weighted by Gasteiger charge is 2.55. The highest BCUT2D eigenvalue weighted by molar-refractivity contribution is 7.98. The van der Waals surface area contributed by atoms with Gasteiger partial charge in [0.1, 0.15) is 0 Å². The van der Waals surface area contributed by atoms with Crippen LogP contribution in [0.1, 0.15) is 24.8 Å². The smallest absolute Gasteiger partial charge is 0.309 e. The first-order chi connectivity index (χ1) is 11.5. The fourth-order valence-electron chi connectivity index (χ4n) is 4.16. The number of thioether (sulfide) groups is 1. The van der Waals surface area contributed by atoms with Crippen LogP contribution in [0.15, 0.2) is 29.2 Å². The average molecular weight is 348 g/mol. The van der Waals surface area contributed by atoms with Gasteiger partial charge in [-0.25, -0.2) is 0 Å². The third-order valence-corrected chi connectivity index (χ3v) is 6.51. The standard InChI is InChI=1S/C18H24N2O3S/c1-19-16(21)11-14(17(22)23)18(19)7-9-20(10-8-18)12-13-5-3-4-6-15(13)24-2/h3-6,14H,7-12H2,1-2H3,(H,22,23)/t14-/m0/s1. The molecule has 2 saturated heterocycles. The van der Waals surface area contributed by atoms with Crippen LogP contribution < -0.4 is 0 Å². The zero-order chi connectivity index (χ0) is 17.3. The van der Waals surface area contributed by atoms with E-state index in [4.69, 9.17) is 0 Å². The molecule has 2 aliphatic rings. The molecule has 0 aliphatic carbocycles. The predicted molar refractivity (Wildman–Crippen MR) is 94.0 cm³/mol. The minimum absolute atomic E-state index is 0.0384. The van der Waals surface area contributed by atoms with Gasteiger partial charge in [0, 0.05) is 38.0 Å². The van der Waals surface area contributed by atoms with Crippen molar-refractivity contribution in [2.24, 2.45) is 5.92 Å². The first kappa shape index (κ1) is 17.3. The minimum Gasteiger partial charge on any atom is -0.481 e. The first-order valence-electron chi connectivity index (χ1n) is 8.31. The largest absolute Gasteiger partial charge is 0.481 e. The molecule has 0 radical (unpaired) electrons. The van der Waals surface area contributed by atoms with Crippen molar-refractivity contribution in [1.82, 2.24) is 9.80 Å². The van der Waals surface area contributed by atoms with Crippen molar-refractivity contribution in [3.63, 3.8) is 0 Å². The molecule has 1 aromatic rings. The number of hydrogen-bond acceptors (Lipinski definition) is 4. The van der Waals surface area contributed by atoms with E-state index in [0.717, 1.165) is 32.5 Å². The van der Waals surface area contributed by atoms with Gasteiger partial charge >= 0.3 is 5.97 Å². The molecule has 130 valence electrons. The fourth-order valence-corrected chi connectivity index (χ4v) is 4.77. The summed E-state index contributed by atoms with van der Waals surface area (Å²) in [6.07, 6.45) is 3.68. The molecule has 1 atom stereocenters. The molecule has 6 heteroatoms. The molecule has 0 aromatic heterocycles. The molecule has 1 amide bonds. The lowest BCUT2D eigenvalue weighted by Crippen LogP contribution is -2.55. The van der Waals surface area contributed by atoms with Gasteiger partial charge < -0.3 is 10.0 Å². The second kappa shape index (κ2) is 6.76. The SMILES string of the molecule is CSc1ccccc1CN1CCC2(CC1)[C@H](C(=O)O)CC(=O)N2C. The van der Waals surface area contributed by atoms with Crippen LogP contribution in [-0.2, 0) is 16.1 Å². The Kier molecular flexibility index (Phi) is 4.88. The van der Waals surface area contributed by atoms with Crippen LogP contribution in [0.2, 0.25) is 0 Å². The van der Waals surface area contributed by atoms with E-state index < -0.39 is 17.4 Å². The highest BCUT2D eigenvalue weighted by Crippen LogP contribution is 2.43. The van der Waals surface area contributed by atoms with E-state index in [-0.39, 0.29) is 12.3 Å². The molecule has 0 saturated carbocycles. The van der Waals surface area contributed by atoms with Gasteiger partial charge in [-0.05, 0) is 30.7 Å². The van der Waals surface area contributed by atoms with E-state index >= 15 is 0 Å². The molecule has 2 heterocycles. The van der Waals surface area contributed by atoms with E-state index in [0.29, 0.717) is 0 Å². The van der Waals surface area contributed by atoms with Gasteiger partial charge in [-0.2, -0.15) is 0 Å². The van der Waals surface area contributed by atoms with Gasteiger partial charge in [0.15, 0.2) is 0 Å². The maximum absolute atomic E-state index is 12.1. The fraction of sp³-hybridized carbons (Fsp3) is 0.556. The van der Waals surface area contributed by atoms with Crippen molar-refractivity contribution in [3.8, 4) is 0 Å². The van der Waals surface area contributed by atoms with Crippen LogP contribution in [-0.4, -0.2) is 58.7 Å². The molecule has 2 aliphatic heterocycles. The number of likely N-dealkylation sites (tertiary alicyclic amines) is 2. The lowest BCUT2D eigenvalue weighted by molar-refractivity contribution is -0.146. The van der Waals surface area contributed by atoms with Crippen LogP contribution in [0.25, 0.3) is 0 Å². The van der Waals surface area contributed by atoms with Crippen molar-refractivity contribution in [3.05, 3.63) is 29.8 Å². The third-order valence-electron chi connectivity index (χ3n) is 5.68. The summed E-state index contributed by atoms with van der Waals surface area (Å²) in [5.41, 5.74) is 0.810. The molecule has 0 unspecified atom stereocenters. The highest BCUT2D eigenvalue weighted by atomic mass is 32.2. The number of carboxylic acids is 1. The number of amides is 1. The zero-order valence-corrected chi connectivity index (χ0v) is 15.0. The summed E-state index contributed by atoms with van der Waals surface area (Å²) in [4.78, 5) is 29.1. The summed E-state index contributed by atoms with van der Waals surface area (Å²) in [7, 11) is 1.77. The maximum atomic E-state index is 12.1. The normalized spacial score (nSPS) is 23.8. The number of hydrogen-bond donors (Lipinski definition) is 1.